The molecule has 0 heterocycles. The van der Waals surface area contributed by atoms with Crippen molar-refractivity contribution in [2.75, 3.05) is 6.54 Å². The molecule has 1 aromatic rings. The fourth-order valence-corrected chi connectivity index (χ4v) is 1.74. The SMILES string of the molecule is CC(C)(C)NC(=O)CCNC(=O)c1ccc(Br)cc1. The monoisotopic (exact) mass is 326 g/mol. The Morgan fingerprint density at radius 3 is 2.26 bits per heavy atom. The highest BCUT2D eigenvalue weighted by Gasteiger charge is 2.13. The van der Waals surface area contributed by atoms with Gasteiger partial charge in [0.05, 0.1) is 0 Å². The molecule has 0 aliphatic rings. The molecular formula is C14H19BrN2O2. The first-order valence-electron chi connectivity index (χ1n) is 6.13. The lowest BCUT2D eigenvalue weighted by Gasteiger charge is -2.20. The molecule has 19 heavy (non-hydrogen) atoms. The predicted molar refractivity (Wildman–Crippen MR) is 79.0 cm³/mol. The molecular weight excluding hydrogens is 308 g/mol. The molecule has 5 heteroatoms. The van der Waals surface area contributed by atoms with Gasteiger partial charge in [-0.25, -0.2) is 0 Å². The van der Waals surface area contributed by atoms with Gasteiger partial charge in [-0.3, -0.25) is 9.59 Å². The van der Waals surface area contributed by atoms with Crippen molar-refractivity contribution in [3.63, 3.8) is 0 Å². The number of halogens is 1. The van der Waals surface area contributed by atoms with Gasteiger partial charge in [0.2, 0.25) is 5.91 Å². The van der Waals surface area contributed by atoms with E-state index in [2.05, 4.69) is 26.6 Å². The Morgan fingerprint density at radius 2 is 1.74 bits per heavy atom. The highest BCUT2D eigenvalue weighted by molar-refractivity contribution is 9.10. The maximum atomic E-state index is 11.8. The van der Waals surface area contributed by atoms with Crippen LogP contribution in [0.3, 0.4) is 0 Å². The van der Waals surface area contributed by atoms with Crippen LogP contribution in [0.4, 0.5) is 0 Å². The first-order valence-corrected chi connectivity index (χ1v) is 6.92. The normalized spacial score (nSPS) is 10.9. The summed E-state index contributed by atoms with van der Waals surface area (Å²) < 4.78 is 0.925. The quantitative estimate of drug-likeness (QED) is 0.893. The standard InChI is InChI=1S/C14H19BrN2O2/c1-14(2,3)17-12(18)8-9-16-13(19)10-4-6-11(15)7-5-10/h4-7H,8-9H2,1-3H3,(H,16,19)(H,17,18). The van der Waals surface area contributed by atoms with E-state index in [9.17, 15) is 9.59 Å². The molecule has 0 aromatic heterocycles. The second-order valence-electron chi connectivity index (χ2n) is 5.31. The summed E-state index contributed by atoms with van der Waals surface area (Å²) in [5.41, 5.74) is 0.340. The van der Waals surface area contributed by atoms with Crippen LogP contribution in [0.2, 0.25) is 0 Å². The van der Waals surface area contributed by atoms with Crippen LogP contribution in [0.25, 0.3) is 0 Å². The molecule has 0 saturated carbocycles. The van der Waals surface area contributed by atoms with E-state index < -0.39 is 0 Å². The number of hydrogen-bond acceptors (Lipinski definition) is 2. The number of amides is 2. The van der Waals surface area contributed by atoms with Gasteiger partial charge in [-0.15, -0.1) is 0 Å². The molecule has 0 aliphatic carbocycles. The lowest BCUT2D eigenvalue weighted by molar-refractivity contribution is -0.122. The largest absolute Gasteiger partial charge is 0.352 e. The Kier molecular flexibility index (Phi) is 5.54. The highest BCUT2D eigenvalue weighted by Crippen LogP contribution is 2.10. The van der Waals surface area contributed by atoms with Gasteiger partial charge in [0.1, 0.15) is 0 Å². The van der Waals surface area contributed by atoms with Gasteiger partial charge in [-0.2, -0.15) is 0 Å². The summed E-state index contributed by atoms with van der Waals surface area (Å²) in [7, 11) is 0. The van der Waals surface area contributed by atoms with Crippen molar-refractivity contribution in [2.24, 2.45) is 0 Å². The Balaban J connectivity index is 2.35. The van der Waals surface area contributed by atoms with Gasteiger partial charge in [0, 0.05) is 28.5 Å². The maximum Gasteiger partial charge on any atom is 0.251 e. The molecule has 0 spiro atoms. The summed E-state index contributed by atoms with van der Waals surface area (Å²) >= 11 is 3.31. The van der Waals surface area contributed by atoms with E-state index in [0.717, 1.165) is 4.47 Å². The summed E-state index contributed by atoms with van der Waals surface area (Å²) in [5, 5.41) is 5.56. The van der Waals surface area contributed by atoms with Crippen LogP contribution < -0.4 is 10.6 Å². The van der Waals surface area contributed by atoms with E-state index >= 15 is 0 Å². The van der Waals surface area contributed by atoms with Gasteiger partial charge in [-0.1, -0.05) is 15.9 Å². The minimum absolute atomic E-state index is 0.0661. The van der Waals surface area contributed by atoms with Gasteiger partial charge in [0.25, 0.3) is 5.91 Å². The van der Waals surface area contributed by atoms with Crippen LogP contribution >= 0.6 is 15.9 Å². The average molecular weight is 327 g/mol. The molecule has 0 radical (unpaired) electrons. The topological polar surface area (TPSA) is 58.2 Å². The summed E-state index contributed by atoms with van der Waals surface area (Å²) in [6.07, 6.45) is 0.277. The van der Waals surface area contributed by atoms with Gasteiger partial charge in [0.15, 0.2) is 0 Å². The molecule has 1 aromatic carbocycles. The number of carbonyl (C=O) groups is 2. The van der Waals surface area contributed by atoms with Crippen LogP contribution in [0, 0.1) is 0 Å². The molecule has 0 unspecified atom stereocenters. The number of benzene rings is 1. The minimum Gasteiger partial charge on any atom is -0.352 e. The van der Waals surface area contributed by atoms with E-state index in [1.54, 1.807) is 24.3 Å². The van der Waals surface area contributed by atoms with E-state index in [1.165, 1.54) is 0 Å². The third kappa shape index (κ3) is 6.38. The molecule has 4 nitrogen and oxygen atoms in total. The molecule has 2 amide bonds. The second kappa shape index (κ2) is 6.70. The Hall–Kier alpha value is -1.36. The number of nitrogens with one attached hydrogen (secondary N) is 2. The zero-order valence-corrected chi connectivity index (χ0v) is 13.0. The van der Waals surface area contributed by atoms with Gasteiger partial charge >= 0.3 is 0 Å². The number of rotatable bonds is 4. The molecule has 0 atom stereocenters. The molecule has 0 fully saturated rings. The fraction of sp³-hybridized carbons (Fsp3) is 0.429. The molecule has 104 valence electrons. The van der Waals surface area contributed by atoms with Crippen molar-refractivity contribution in [3.8, 4) is 0 Å². The van der Waals surface area contributed by atoms with Crippen LogP contribution in [0.5, 0.6) is 0 Å². The molecule has 0 saturated heterocycles. The van der Waals surface area contributed by atoms with Crippen molar-refractivity contribution < 1.29 is 9.59 Å². The summed E-state index contributed by atoms with van der Waals surface area (Å²) in [5.74, 6) is -0.236. The third-order valence-corrected chi connectivity index (χ3v) is 2.79. The highest BCUT2D eigenvalue weighted by atomic mass is 79.9. The lowest BCUT2D eigenvalue weighted by atomic mass is 10.1. The van der Waals surface area contributed by atoms with Crippen LogP contribution in [-0.2, 0) is 4.79 Å². The second-order valence-corrected chi connectivity index (χ2v) is 6.23. The third-order valence-electron chi connectivity index (χ3n) is 2.26. The van der Waals surface area contributed by atoms with Crippen molar-refractivity contribution in [1.82, 2.24) is 10.6 Å². The fourth-order valence-electron chi connectivity index (χ4n) is 1.47. The summed E-state index contributed by atoms with van der Waals surface area (Å²) in [6.45, 7) is 6.10. The first kappa shape index (κ1) is 15.7. The van der Waals surface area contributed by atoms with Crippen molar-refractivity contribution in [3.05, 3.63) is 34.3 Å². The average Bonchev–Trinajstić information content (AvgIpc) is 2.27. The minimum atomic E-state index is -0.243. The van der Waals surface area contributed by atoms with Crippen molar-refractivity contribution >= 4 is 27.7 Å². The van der Waals surface area contributed by atoms with Gasteiger partial charge in [-0.05, 0) is 45.0 Å². The molecule has 1 rings (SSSR count). The van der Waals surface area contributed by atoms with E-state index in [0.29, 0.717) is 12.1 Å². The zero-order chi connectivity index (χ0) is 14.5. The maximum absolute atomic E-state index is 11.8. The van der Waals surface area contributed by atoms with Crippen molar-refractivity contribution in [1.29, 1.82) is 0 Å². The number of carbonyl (C=O) groups excluding carboxylic acids is 2. The zero-order valence-electron chi connectivity index (χ0n) is 11.4. The number of hydrogen-bond donors (Lipinski definition) is 2. The van der Waals surface area contributed by atoms with Crippen LogP contribution in [0.15, 0.2) is 28.7 Å². The predicted octanol–water partition coefficient (Wildman–Crippen LogP) is 2.48. The first-order chi connectivity index (χ1) is 8.78. The molecule has 2 N–H and O–H groups in total. The molecule has 0 bridgehead atoms. The smallest absolute Gasteiger partial charge is 0.251 e. The van der Waals surface area contributed by atoms with E-state index in [-0.39, 0.29) is 23.8 Å². The Labute approximate surface area is 122 Å². The van der Waals surface area contributed by atoms with Crippen LogP contribution in [-0.4, -0.2) is 23.9 Å². The van der Waals surface area contributed by atoms with Gasteiger partial charge < -0.3 is 10.6 Å². The summed E-state index contributed by atoms with van der Waals surface area (Å²) in [6, 6.07) is 7.08. The van der Waals surface area contributed by atoms with E-state index in [4.69, 9.17) is 0 Å². The Morgan fingerprint density at radius 1 is 1.16 bits per heavy atom. The Bertz CT molecular complexity index is 450. The molecule has 0 aliphatic heterocycles. The summed E-state index contributed by atoms with van der Waals surface area (Å²) in [4.78, 5) is 23.3. The van der Waals surface area contributed by atoms with Crippen molar-refractivity contribution in [2.45, 2.75) is 32.7 Å². The van der Waals surface area contributed by atoms with E-state index in [1.807, 2.05) is 20.8 Å². The van der Waals surface area contributed by atoms with Crippen LogP contribution in [0.1, 0.15) is 37.6 Å². The lowest BCUT2D eigenvalue weighted by Crippen LogP contribution is -2.41.